The van der Waals surface area contributed by atoms with Crippen LogP contribution in [0.2, 0.25) is 0 Å². The van der Waals surface area contributed by atoms with Gasteiger partial charge < -0.3 is 15.5 Å². The molecule has 12 heavy (non-hydrogen) atoms. The summed E-state index contributed by atoms with van der Waals surface area (Å²) in [6, 6.07) is 0. The van der Waals surface area contributed by atoms with Crippen molar-refractivity contribution in [3.05, 3.63) is 0 Å². The number of hydrogen-bond acceptors (Lipinski definition) is 2. The molecule has 0 aliphatic heterocycles. The Hall–Kier alpha value is -0.770. The number of aliphatic hydroxyl groups excluding tert-OH is 1. The second-order valence-corrected chi connectivity index (χ2v) is 4.10. The number of nitrogens with one attached hydrogen (secondary N) is 1. The summed E-state index contributed by atoms with van der Waals surface area (Å²) in [7, 11) is 0. The molecule has 0 spiro atoms. The monoisotopic (exact) mass is 175 g/mol. The first kappa shape index (κ1) is 11.2. The summed E-state index contributed by atoms with van der Waals surface area (Å²) in [6.07, 6.45) is -1.10. The molecule has 0 aliphatic rings. The second-order valence-electron chi connectivity index (χ2n) is 4.10. The molecule has 4 heteroatoms. The summed E-state index contributed by atoms with van der Waals surface area (Å²) in [4.78, 5) is 10.0. The predicted octanol–water partition coefficient (Wildman–Crippen LogP) is 1.05. The zero-order valence-electron chi connectivity index (χ0n) is 7.79. The molecule has 0 bridgehead atoms. The Balaban J connectivity index is 3.60. The van der Waals surface area contributed by atoms with Gasteiger partial charge in [-0.3, -0.25) is 0 Å². The van der Waals surface area contributed by atoms with Crippen molar-refractivity contribution in [1.82, 2.24) is 5.32 Å². The van der Waals surface area contributed by atoms with Crippen LogP contribution in [0.25, 0.3) is 0 Å². The van der Waals surface area contributed by atoms with Crippen LogP contribution < -0.4 is 5.32 Å². The lowest BCUT2D eigenvalue weighted by atomic mass is 9.89. The van der Waals surface area contributed by atoms with Gasteiger partial charge in [0.25, 0.3) is 0 Å². The highest BCUT2D eigenvalue weighted by Gasteiger charge is 2.16. The molecule has 1 atom stereocenters. The highest BCUT2D eigenvalue weighted by atomic mass is 16.4. The Kier molecular flexibility index (Phi) is 4.03. The van der Waals surface area contributed by atoms with Crippen molar-refractivity contribution in [1.29, 1.82) is 0 Å². The fourth-order valence-corrected chi connectivity index (χ4v) is 0.984. The Morgan fingerprint density at radius 3 is 2.33 bits per heavy atom. The zero-order chi connectivity index (χ0) is 9.78. The van der Waals surface area contributed by atoms with Crippen molar-refractivity contribution in [3.63, 3.8) is 0 Å². The van der Waals surface area contributed by atoms with Crippen LogP contribution in [0, 0.1) is 5.41 Å². The van der Waals surface area contributed by atoms with Gasteiger partial charge in [-0.2, -0.15) is 0 Å². The average molecular weight is 175 g/mol. The SMILES string of the molecule is CC(C)(C)C[C@H](O)CNC(=O)O. The largest absolute Gasteiger partial charge is 0.465 e. The van der Waals surface area contributed by atoms with Crippen LogP contribution in [0.3, 0.4) is 0 Å². The lowest BCUT2D eigenvalue weighted by Crippen LogP contribution is -2.33. The Morgan fingerprint density at radius 1 is 1.50 bits per heavy atom. The summed E-state index contributed by atoms with van der Waals surface area (Å²) in [6.45, 7) is 6.09. The van der Waals surface area contributed by atoms with E-state index in [-0.39, 0.29) is 12.0 Å². The van der Waals surface area contributed by atoms with E-state index in [0.717, 1.165) is 0 Å². The van der Waals surface area contributed by atoms with Gasteiger partial charge in [0.05, 0.1) is 6.10 Å². The molecule has 0 saturated heterocycles. The molecule has 0 fully saturated rings. The number of rotatable bonds is 3. The molecule has 0 aromatic heterocycles. The average Bonchev–Trinajstić information content (AvgIpc) is 1.79. The van der Waals surface area contributed by atoms with Gasteiger partial charge in [0.15, 0.2) is 0 Å². The maximum atomic E-state index is 10.0. The molecule has 0 rings (SSSR count). The molecular weight excluding hydrogens is 158 g/mol. The minimum Gasteiger partial charge on any atom is -0.465 e. The maximum absolute atomic E-state index is 10.0. The van der Waals surface area contributed by atoms with Gasteiger partial charge in [0.1, 0.15) is 0 Å². The standard InChI is InChI=1S/C8H17NO3/c1-8(2,3)4-6(10)5-9-7(11)12/h6,9-10H,4-5H2,1-3H3,(H,11,12)/t6-/m0/s1. The van der Waals surface area contributed by atoms with Crippen LogP contribution in [0.5, 0.6) is 0 Å². The lowest BCUT2D eigenvalue weighted by molar-refractivity contribution is 0.116. The molecule has 1 amide bonds. The van der Waals surface area contributed by atoms with Gasteiger partial charge in [-0.15, -0.1) is 0 Å². The molecule has 0 aliphatic carbocycles. The second kappa shape index (κ2) is 4.30. The molecule has 0 aromatic rings. The van der Waals surface area contributed by atoms with Crippen LogP contribution in [-0.4, -0.2) is 29.0 Å². The quantitative estimate of drug-likeness (QED) is 0.600. The van der Waals surface area contributed by atoms with E-state index in [9.17, 15) is 9.90 Å². The number of amides is 1. The highest BCUT2D eigenvalue weighted by molar-refractivity contribution is 5.64. The van der Waals surface area contributed by atoms with Gasteiger partial charge in [-0.25, -0.2) is 4.79 Å². The first-order valence-corrected chi connectivity index (χ1v) is 3.96. The summed E-state index contributed by atoms with van der Waals surface area (Å²) in [5.74, 6) is 0. The molecule has 3 N–H and O–H groups in total. The number of hydrogen-bond donors (Lipinski definition) is 3. The fourth-order valence-electron chi connectivity index (χ4n) is 0.984. The van der Waals surface area contributed by atoms with Crippen LogP contribution in [-0.2, 0) is 0 Å². The fraction of sp³-hybridized carbons (Fsp3) is 0.875. The molecule has 0 radical (unpaired) electrons. The van der Waals surface area contributed by atoms with Crippen molar-refractivity contribution in [2.24, 2.45) is 5.41 Å². The van der Waals surface area contributed by atoms with Crippen LogP contribution in [0.15, 0.2) is 0 Å². The smallest absolute Gasteiger partial charge is 0.404 e. The van der Waals surface area contributed by atoms with E-state index in [1.807, 2.05) is 20.8 Å². The first-order valence-electron chi connectivity index (χ1n) is 3.96. The Bertz CT molecular complexity index is 151. The van der Waals surface area contributed by atoms with Crippen molar-refractivity contribution in [2.75, 3.05) is 6.54 Å². The van der Waals surface area contributed by atoms with Crippen LogP contribution >= 0.6 is 0 Å². The third-order valence-electron chi connectivity index (χ3n) is 1.34. The molecule has 72 valence electrons. The molecule has 0 heterocycles. The third kappa shape index (κ3) is 7.34. The van der Waals surface area contributed by atoms with Gasteiger partial charge in [0, 0.05) is 6.54 Å². The van der Waals surface area contributed by atoms with E-state index in [2.05, 4.69) is 5.32 Å². The van der Waals surface area contributed by atoms with Crippen LogP contribution in [0.1, 0.15) is 27.2 Å². The van der Waals surface area contributed by atoms with Crippen molar-refractivity contribution in [3.8, 4) is 0 Å². The number of aliphatic hydroxyl groups is 1. The summed E-state index contributed by atoms with van der Waals surface area (Å²) in [5, 5.41) is 19.7. The highest BCUT2D eigenvalue weighted by Crippen LogP contribution is 2.20. The number of carboxylic acid groups (broad SMARTS) is 1. The van der Waals surface area contributed by atoms with E-state index in [1.165, 1.54) is 0 Å². The summed E-state index contributed by atoms with van der Waals surface area (Å²) >= 11 is 0. The molecular formula is C8H17NO3. The molecule has 0 unspecified atom stereocenters. The zero-order valence-corrected chi connectivity index (χ0v) is 7.79. The molecule has 4 nitrogen and oxygen atoms in total. The summed E-state index contributed by atoms with van der Waals surface area (Å²) < 4.78 is 0. The van der Waals surface area contributed by atoms with E-state index in [1.54, 1.807) is 0 Å². The summed E-state index contributed by atoms with van der Waals surface area (Å²) in [5.41, 5.74) is 0.0274. The molecule has 0 aromatic carbocycles. The van der Waals surface area contributed by atoms with Crippen molar-refractivity contribution in [2.45, 2.75) is 33.3 Å². The normalized spacial score (nSPS) is 14.0. The minimum absolute atomic E-state index is 0.0274. The van der Waals surface area contributed by atoms with Gasteiger partial charge in [-0.1, -0.05) is 20.8 Å². The van der Waals surface area contributed by atoms with E-state index >= 15 is 0 Å². The lowest BCUT2D eigenvalue weighted by Gasteiger charge is -2.21. The van der Waals surface area contributed by atoms with Gasteiger partial charge in [-0.05, 0) is 11.8 Å². The first-order chi connectivity index (χ1) is 5.31. The van der Waals surface area contributed by atoms with Gasteiger partial charge >= 0.3 is 6.09 Å². The van der Waals surface area contributed by atoms with Crippen molar-refractivity contribution < 1.29 is 15.0 Å². The maximum Gasteiger partial charge on any atom is 0.404 e. The van der Waals surface area contributed by atoms with E-state index in [0.29, 0.717) is 6.42 Å². The van der Waals surface area contributed by atoms with Crippen LogP contribution in [0.4, 0.5) is 4.79 Å². The molecule has 0 saturated carbocycles. The minimum atomic E-state index is -1.09. The van der Waals surface area contributed by atoms with E-state index < -0.39 is 12.2 Å². The topological polar surface area (TPSA) is 69.6 Å². The number of carbonyl (C=O) groups is 1. The van der Waals surface area contributed by atoms with Gasteiger partial charge in [0.2, 0.25) is 0 Å². The Labute approximate surface area is 72.6 Å². The van der Waals surface area contributed by atoms with Crippen molar-refractivity contribution >= 4 is 6.09 Å². The Morgan fingerprint density at radius 2 is 2.00 bits per heavy atom. The predicted molar refractivity (Wildman–Crippen MR) is 46.1 cm³/mol. The third-order valence-corrected chi connectivity index (χ3v) is 1.34. The van der Waals surface area contributed by atoms with E-state index in [4.69, 9.17) is 5.11 Å².